The molecule has 34 heavy (non-hydrogen) atoms. The predicted molar refractivity (Wildman–Crippen MR) is 130 cm³/mol. The van der Waals surface area contributed by atoms with E-state index in [0.717, 1.165) is 11.6 Å². The van der Waals surface area contributed by atoms with E-state index < -0.39 is 26.1 Å². The smallest absolute Gasteiger partial charge is 0.416 e. The Hall–Kier alpha value is -2.82. The van der Waals surface area contributed by atoms with Crippen molar-refractivity contribution in [3.05, 3.63) is 59.1 Å². The third-order valence-electron chi connectivity index (χ3n) is 5.52. The zero-order valence-electron chi connectivity index (χ0n) is 19.4. The first-order chi connectivity index (χ1) is 16.2. The molecule has 1 aliphatic rings. The Labute approximate surface area is 203 Å². The van der Waals surface area contributed by atoms with Crippen LogP contribution in [0.2, 0.25) is 30.7 Å². The van der Waals surface area contributed by atoms with Gasteiger partial charge in [-0.2, -0.15) is 15.3 Å². The zero-order valence-corrected chi connectivity index (χ0v) is 21.1. The van der Waals surface area contributed by atoms with Gasteiger partial charge in [-0.3, -0.25) is 4.90 Å². The fourth-order valence-electron chi connectivity index (χ4n) is 3.57. The van der Waals surface area contributed by atoms with Gasteiger partial charge < -0.3 is 9.47 Å². The maximum Gasteiger partial charge on any atom is 0.416 e. The van der Waals surface area contributed by atoms with E-state index in [1.165, 1.54) is 17.0 Å². The molecule has 0 bridgehead atoms. The number of benzene rings is 1. The van der Waals surface area contributed by atoms with Gasteiger partial charge in [0.25, 0.3) is 0 Å². The molecule has 3 aromatic rings. The molecule has 1 unspecified atom stereocenters. The summed E-state index contributed by atoms with van der Waals surface area (Å²) in [5.74, 6) is 0.0207. The normalized spacial score (nSPS) is 16.6. The number of ether oxygens (including phenoxy) is 2. The van der Waals surface area contributed by atoms with Gasteiger partial charge >= 0.3 is 6.09 Å². The summed E-state index contributed by atoms with van der Waals surface area (Å²) >= 11 is 5.78. The van der Waals surface area contributed by atoms with Gasteiger partial charge in [-0.05, 0) is 29.8 Å². The third kappa shape index (κ3) is 5.80. The summed E-state index contributed by atoms with van der Waals surface area (Å²) in [6.45, 7) is 8.07. The van der Waals surface area contributed by atoms with Gasteiger partial charge in [0.05, 0.1) is 23.1 Å². The van der Waals surface area contributed by atoms with E-state index in [0.29, 0.717) is 36.6 Å². The number of cyclic esters (lactones) is 1. The quantitative estimate of drug-likeness (QED) is 0.297. The molecule has 11 heteroatoms. The van der Waals surface area contributed by atoms with E-state index in [-0.39, 0.29) is 11.8 Å². The highest BCUT2D eigenvalue weighted by molar-refractivity contribution is 6.76. The van der Waals surface area contributed by atoms with E-state index >= 15 is 0 Å². The Morgan fingerprint density at radius 3 is 2.74 bits per heavy atom. The number of halogens is 2. The molecule has 0 saturated carbocycles. The molecule has 1 atom stereocenters. The molecular weight excluding hydrogens is 477 g/mol. The lowest BCUT2D eigenvalue weighted by Gasteiger charge is -2.32. The number of anilines is 1. The highest BCUT2D eigenvalue weighted by Crippen LogP contribution is 2.33. The molecule has 1 saturated heterocycles. The van der Waals surface area contributed by atoms with Gasteiger partial charge in [-0.25, -0.2) is 13.9 Å². The number of hydrogen-bond donors (Lipinski definition) is 0. The zero-order chi connectivity index (χ0) is 24.3. The monoisotopic (exact) mass is 503 g/mol. The van der Waals surface area contributed by atoms with E-state index in [1.54, 1.807) is 29.2 Å². The number of aromatic nitrogens is 4. The minimum Gasteiger partial charge on any atom is -0.441 e. The summed E-state index contributed by atoms with van der Waals surface area (Å²) in [4.78, 5) is 14.5. The maximum atomic E-state index is 13.9. The number of hydrogen-bond acceptors (Lipinski definition) is 6. The van der Waals surface area contributed by atoms with E-state index in [9.17, 15) is 9.18 Å². The van der Waals surface area contributed by atoms with Gasteiger partial charge in [0.2, 0.25) is 0 Å². The molecule has 1 aliphatic heterocycles. The average molecular weight is 504 g/mol. The van der Waals surface area contributed by atoms with Crippen LogP contribution < -0.4 is 4.90 Å². The summed E-state index contributed by atoms with van der Waals surface area (Å²) in [7, 11) is -1.24. The molecule has 1 fully saturated rings. The number of amides is 1. The van der Waals surface area contributed by atoms with Crippen LogP contribution in [0.3, 0.4) is 0 Å². The fourth-order valence-corrected chi connectivity index (χ4v) is 4.44. The van der Waals surface area contributed by atoms with E-state index in [4.69, 9.17) is 21.1 Å². The second-order valence-corrected chi connectivity index (χ2v) is 15.4. The van der Waals surface area contributed by atoms with Crippen LogP contribution in [0.4, 0.5) is 15.0 Å². The SMILES string of the molecule is C[Si](C)(C)CCOCn1nc(-c2ccnnc2)cc1N1CCC(c2ccc(Cl)c(F)c2)OC1=O. The van der Waals surface area contributed by atoms with Crippen LogP contribution in [0.1, 0.15) is 18.1 Å². The van der Waals surface area contributed by atoms with Crippen LogP contribution in [-0.4, -0.2) is 47.3 Å². The third-order valence-corrected chi connectivity index (χ3v) is 7.53. The molecular formula is C23H27ClFN5O3Si. The summed E-state index contributed by atoms with van der Waals surface area (Å²) < 4.78 is 27.1. The first kappa shape index (κ1) is 24.3. The average Bonchev–Trinajstić information content (AvgIpc) is 3.22. The highest BCUT2D eigenvalue weighted by Gasteiger charge is 2.32. The van der Waals surface area contributed by atoms with Gasteiger partial charge in [0.15, 0.2) is 0 Å². The summed E-state index contributed by atoms with van der Waals surface area (Å²) in [6.07, 6.45) is 2.60. The minimum atomic E-state index is -1.24. The molecule has 1 amide bonds. The van der Waals surface area contributed by atoms with Crippen LogP contribution in [0.15, 0.2) is 42.7 Å². The summed E-state index contributed by atoms with van der Waals surface area (Å²) in [5.41, 5.74) is 1.99. The lowest BCUT2D eigenvalue weighted by molar-refractivity contribution is 0.0733. The molecule has 8 nitrogen and oxygen atoms in total. The van der Waals surface area contributed by atoms with E-state index in [1.807, 2.05) is 6.07 Å². The van der Waals surface area contributed by atoms with Crippen molar-refractivity contribution >= 4 is 31.6 Å². The number of carbonyl (C=O) groups is 1. The van der Waals surface area contributed by atoms with Crippen molar-refractivity contribution in [2.45, 2.75) is 44.9 Å². The lowest BCUT2D eigenvalue weighted by atomic mass is 10.1. The Balaban J connectivity index is 1.53. The van der Waals surface area contributed by atoms with Gasteiger partial charge in [0, 0.05) is 39.3 Å². The molecule has 3 heterocycles. The molecule has 1 aromatic carbocycles. The van der Waals surface area contributed by atoms with Crippen molar-refractivity contribution in [1.29, 1.82) is 0 Å². The first-order valence-corrected chi connectivity index (χ1v) is 15.2. The second-order valence-electron chi connectivity index (χ2n) is 9.35. The largest absolute Gasteiger partial charge is 0.441 e. The fraction of sp³-hybridized carbons (Fsp3) is 0.391. The van der Waals surface area contributed by atoms with Crippen molar-refractivity contribution in [2.24, 2.45) is 0 Å². The predicted octanol–water partition coefficient (Wildman–Crippen LogP) is 5.53. The van der Waals surface area contributed by atoms with Gasteiger partial charge in [-0.15, -0.1) is 0 Å². The van der Waals surface area contributed by atoms with Crippen molar-refractivity contribution < 1.29 is 18.7 Å². The van der Waals surface area contributed by atoms with E-state index in [2.05, 4.69) is 34.9 Å². The number of carbonyl (C=O) groups excluding carboxylic acids is 1. The summed E-state index contributed by atoms with van der Waals surface area (Å²) in [6, 6.07) is 9.08. The van der Waals surface area contributed by atoms with Crippen LogP contribution in [0, 0.1) is 5.82 Å². The molecule has 0 radical (unpaired) electrons. The van der Waals surface area contributed by atoms with Gasteiger partial charge in [-0.1, -0.05) is 37.3 Å². The molecule has 0 N–H and O–H groups in total. The minimum absolute atomic E-state index is 0.0312. The van der Waals surface area contributed by atoms with Crippen LogP contribution >= 0.6 is 11.6 Å². The summed E-state index contributed by atoms with van der Waals surface area (Å²) in [5, 5.41) is 12.4. The van der Waals surface area contributed by atoms with Crippen LogP contribution in [0.25, 0.3) is 11.3 Å². The number of nitrogens with zero attached hydrogens (tertiary/aromatic N) is 5. The van der Waals surface area contributed by atoms with Crippen LogP contribution in [0.5, 0.6) is 0 Å². The molecule has 0 aliphatic carbocycles. The van der Waals surface area contributed by atoms with Gasteiger partial charge in [0.1, 0.15) is 24.5 Å². The highest BCUT2D eigenvalue weighted by atomic mass is 35.5. The molecule has 4 rings (SSSR count). The van der Waals surface area contributed by atoms with Crippen molar-refractivity contribution in [3.8, 4) is 11.3 Å². The second kappa shape index (κ2) is 10.2. The maximum absolute atomic E-state index is 13.9. The Bertz CT molecular complexity index is 1160. The van der Waals surface area contributed by atoms with Crippen molar-refractivity contribution in [3.63, 3.8) is 0 Å². The molecule has 180 valence electrons. The molecule has 2 aromatic heterocycles. The van der Waals surface area contributed by atoms with Crippen molar-refractivity contribution in [1.82, 2.24) is 20.0 Å². The van der Waals surface area contributed by atoms with Crippen molar-refractivity contribution in [2.75, 3.05) is 18.1 Å². The first-order valence-electron chi connectivity index (χ1n) is 11.1. The topological polar surface area (TPSA) is 82.4 Å². The Morgan fingerprint density at radius 2 is 2.06 bits per heavy atom. The van der Waals surface area contributed by atoms with Crippen LogP contribution in [-0.2, 0) is 16.2 Å². The lowest BCUT2D eigenvalue weighted by Crippen LogP contribution is -2.40. The number of rotatable bonds is 8. The Kier molecular flexibility index (Phi) is 7.29. The molecule has 0 spiro atoms. The standard InChI is InChI=1S/C23H27ClFN5O3Si/c1-34(2,3)11-10-32-15-30-22(13-20(28-30)17-6-8-26-27-14-17)29-9-7-21(33-23(29)31)16-4-5-18(24)19(25)12-16/h4-6,8,12-14,21H,7,9-11,15H2,1-3H3. The Morgan fingerprint density at radius 1 is 1.24 bits per heavy atom.